The standard InChI is InChI=1S/C20H17BrN2O6S/c1-3-28-20(25)19-17(29-30(26,27)16-9-7-13(2)8-10-16)12-18(24)23(22-19)15-6-4-5-14(21)11-15/h4-12H,3H2,1-2H3. The van der Waals surface area contributed by atoms with Crippen LogP contribution in [0, 0.1) is 6.92 Å². The molecule has 10 heteroatoms. The normalized spacial score (nSPS) is 11.2. The third-order valence-electron chi connectivity index (χ3n) is 3.93. The molecule has 3 rings (SSSR count). The van der Waals surface area contributed by atoms with E-state index in [1.165, 1.54) is 12.1 Å². The van der Waals surface area contributed by atoms with Crippen LogP contribution in [0.3, 0.4) is 0 Å². The van der Waals surface area contributed by atoms with Gasteiger partial charge in [0.15, 0.2) is 5.75 Å². The summed E-state index contributed by atoms with van der Waals surface area (Å²) in [6, 6.07) is 13.5. The second-order valence-corrected chi connectivity index (χ2v) is 8.62. The number of hydrogen-bond acceptors (Lipinski definition) is 7. The Kier molecular flexibility index (Phi) is 6.37. The first-order valence-electron chi connectivity index (χ1n) is 8.80. The van der Waals surface area contributed by atoms with Gasteiger partial charge in [-0.05, 0) is 44.2 Å². The number of ether oxygens (including phenoxy) is 1. The molecule has 0 fully saturated rings. The van der Waals surface area contributed by atoms with Crippen LogP contribution in [0.1, 0.15) is 23.0 Å². The van der Waals surface area contributed by atoms with Gasteiger partial charge in [-0.25, -0.2) is 4.79 Å². The lowest BCUT2D eigenvalue weighted by atomic mass is 10.2. The van der Waals surface area contributed by atoms with Gasteiger partial charge in [0.2, 0.25) is 5.69 Å². The van der Waals surface area contributed by atoms with Crippen molar-refractivity contribution < 1.29 is 22.1 Å². The van der Waals surface area contributed by atoms with E-state index in [9.17, 15) is 18.0 Å². The highest BCUT2D eigenvalue weighted by Crippen LogP contribution is 2.22. The summed E-state index contributed by atoms with van der Waals surface area (Å²) in [7, 11) is -4.31. The molecular formula is C20H17BrN2O6S. The minimum Gasteiger partial charge on any atom is -0.461 e. The van der Waals surface area contributed by atoms with Gasteiger partial charge in [0.1, 0.15) is 4.90 Å². The lowest BCUT2D eigenvalue weighted by molar-refractivity contribution is 0.0515. The molecule has 156 valence electrons. The van der Waals surface area contributed by atoms with Crippen molar-refractivity contribution >= 4 is 32.0 Å². The molecule has 0 saturated heterocycles. The zero-order valence-corrected chi connectivity index (χ0v) is 18.4. The molecule has 0 spiro atoms. The average molecular weight is 493 g/mol. The summed E-state index contributed by atoms with van der Waals surface area (Å²) in [5.74, 6) is -1.43. The Bertz CT molecular complexity index is 1250. The summed E-state index contributed by atoms with van der Waals surface area (Å²) in [5.41, 5.74) is 0.106. The van der Waals surface area contributed by atoms with Crippen molar-refractivity contribution in [1.82, 2.24) is 9.78 Å². The topological polar surface area (TPSA) is 105 Å². The lowest BCUT2D eigenvalue weighted by Crippen LogP contribution is -2.26. The Hall–Kier alpha value is -2.98. The molecule has 0 unspecified atom stereocenters. The molecule has 2 aromatic carbocycles. The fourth-order valence-corrected chi connectivity index (χ4v) is 3.82. The van der Waals surface area contributed by atoms with Crippen LogP contribution >= 0.6 is 15.9 Å². The van der Waals surface area contributed by atoms with Gasteiger partial charge in [-0.2, -0.15) is 18.2 Å². The number of rotatable bonds is 6. The molecule has 1 aromatic heterocycles. The molecule has 0 aliphatic rings. The predicted molar refractivity (Wildman–Crippen MR) is 112 cm³/mol. The molecule has 0 atom stereocenters. The van der Waals surface area contributed by atoms with Gasteiger partial charge in [-0.3, -0.25) is 4.79 Å². The van der Waals surface area contributed by atoms with E-state index in [0.29, 0.717) is 10.2 Å². The highest BCUT2D eigenvalue weighted by Gasteiger charge is 2.25. The molecule has 3 aromatic rings. The first kappa shape index (κ1) is 21.7. The first-order chi connectivity index (χ1) is 14.2. The predicted octanol–water partition coefficient (Wildman–Crippen LogP) is 3.25. The molecule has 0 aliphatic carbocycles. The van der Waals surface area contributed by atoms with Crippen molar-refractivity contribution in [2.45, 2.75) is 18.7 Å². The van der Waals surface area contributed by atoms with Crippen molar-refractivity contribution in [3.8, 4) is 11.4 Å². The first-order valence-corrected chi connectivity index (χ1v) is 11.0. The molecular weight excluding hydrogens is 476 g/mol. The number of nitrogens with zero attached hydrogens (tertiary/aromatic N) is 2. The van der Waals surface area contributed by atoms with Crippen molar-refractivity contribution in [3.05, 3.63) is 80.7 Å². The van der Waals surface area contributed by atoms with E-state index in [4.69, 9.17) is 8.92 Å². The maximum Gasteiger partial charge on any atom is 0.362 e. The summed E-state index contributed by atoms with van der Waals surface area (Å²) in [5, 5.41) is 4.01. The zero-order chi connectivity index (χ0) is 21.9. The minimum atomic E-state index is -4.31. The van der Waals surface area contributed by atoms with E-state index in [-0.39, 0.29) is 11.5 Å². The van der Waals surface area contributed by atoms with E-state index in [1.54, 1.807) is 43.3 Å². The number of aromatic nitrogens is 2. The smallest absolute Gasteiger partial charge is 0.362 e. The van der Waals surface area contributed by atoms with E-state index in [1.807, 2.05) is 6.92 Å². The summed E-state index contributed by atoms with van der Waals surface area (Å²) in [4.78, 5) is 24.9. The Morgan fingerprint density at radius 3 is 2.47 bits per heavy atom. The van der Waals surface area contributed by atoms with Crippen LogP contribution in [0.2, 0.25) is 0 Å². The number of aryl methyl sites for hydroxylation is 1. The van der Waals surface area contributed by atoms with E-state index >= 15 is 0 Å². The van der Waals surface area contributed by atoms with Crippen molar-refractivity contribution in [2.24, 2.45) is 0 Å². The van der Waals surface area contributed by atoms with Gasteiger partial charge in [-0.1, -0.05) is 39.7 Å². The number of esters is 1. The van der Waals surface area contributed by atoms with Gasteiger partial charge in [-0.15, -0.1) is 0 Å². The van der Waals surface area contributed by atoms with Crippen molar-refractivity contribution in [2.75, 3.05) is 6.61 Å². The van der Waals surface area contributed by atoms with Gasteiger partial charge >= 0.3 is 16.1 Å². The molecule has 0 radical (unpaired) electrons. The third-order valence-corrected chi connectivity index (χ3v) is 5.67. The number of halogens is 1. The average Bonchev–Trinajstić information content (AvgIpc) is 2.68. The fraction of sp³-hybridized carbons (Fsp3) is 0.150. The van der Waals surface area contributed by atoms with Gasteiger partial charge in [0.05, 0.1) is 18.4 Å². The highest BCUT2D eigenvalue weighted by atomic mass is 79.9. The van der Waals surface area contributed by atoms with E-state index < -0.39 is 33.1 Å². The molecule has 0 aliphatic heterocycles. The monoisotopic (exact) mass is 492 g/mol. The van der Waals surface area contributed by atoms with Crippen LogP contribution in [-0.4, -0.2) is 30.8 Å². The van der Waals surface area contributed by atoms with Gasteiger partial charge in [0.25, 0.3) is 5.56 Å². The second kappa shape index (κ2) is 8.80. The van der Waals surface area contributed by atoms with Gasteiger partial charge < -0.3 is 8.92 Å². The second-order valence-electron chi connectivity index (χ2n) is 6.16. The summed E-state index contributed by atoms with van der Waals surface area (Å²) in [6.07, 6.45) is 0. The van der Waals surface area contributed by atoms with Crippen molar-refractivity contribution in [3.63, 3.8) is 0 Å². The molecule has 1 heterocycles. The van der Waals surface area contributed by atoms with Crippen LogP contribution in [0.4, 0.5) is 0 Å². The largest absolute Gasteiger partial charge is 0.461 e. The number of hydrogen-bond donors (Lipinski definition) is 0. The number of benzene rings is 2. The van der Waals surface area contributed by atoms with Crippen molar-refractivity contribution in [1.29, 1.82) is 0 Å². The number of carbonyl (C=O) groups excluding carboxylic acids is 1. The fourth-order valence-electron chi connectivity index (χ4n) is 2.51. The lowest BCUT2D eigenvalue weighted by Gasteiger charge is -2.12. The summed E-state index contributed by atoms with van der Waals surface area (Å²) >= 11 is 3.30. The molecule has 30 heavy (non-hydrogen) atoms. The summed E-state index contributed by atoms with van der Waals surface area (Å²) < 4.78 is 37.0. The van der Waals surface area contributed by atoms with Crippen LogP contribution in [0.5, 0.6) is 5.75 Å². The SMILES string of the molecule is CCOC(=O)c1nn(-c2cccc(Br)c2)c(=O)cc1OS(=O)(=O)c1ccc(C)cc1. The quantitative estimate of drug-likeness (QED) is 0.384. The van der Waals surface area contributed by atoms with Gasteiger partial charge in [0, 0.05) is 4.47 Å². The molecule has 0 saturated carbocycles. The van der Waals surface area contributed by atoms with Crippen LogP contribution < -0.4 is 9.74 Å². The maximum absolute atomic E-state index is 12.6. The molecule has 0 bridgehead atoms. The zero-order valence-electron chi connectivity index (χ0n) is 16.0. The Morgan fingerprint density at radius 2 is 1.83 bits per heavy atom. The maximum atomic E-state index is 12.6. The Labute approximate surface area is 181 Å². The summed E-state index contributed by atoms with van der Waals surface area (Å²) in [6.45, 7) is 3.42. The Morgan fingerprint density at radius 1 is 1.13 bits per heavy atom. The third kappa shape index (κ3) is 4.77. The molecule has 0 amide bonds. The van der Waals surface area contributed by atoms with Crippen LogP contribution in [0.15, 0.2) is 68.8 Å². The molecule has 8 nitrogen and oxygen atoms in total. The van der Waals surface area contributed by atoms with Crippen LogP contribution in [-0.2, 0) is 14.9 Å². The number of carbonyl (C=O) groups is 1. The van der Waals surface area contributed by atoms with Crippen LogP contribution in [0.25, 0.3) is 5.69 Å². The van der Waals surface area contributed by atoms with E-state index in [0.717, 1.165) is 16.3 Å². The highest BCUT2D eigenvalue weighted by molar-refractivity contribution is 9.10. The van der Waals surface area contributed by atoms with E-state index in [2.05, 4.69) is 21.0 Å². The minimum absolute atomic E-state index is 0.0284. The Balaban J connectivity index is 2.11. The molecule has 0 N–H and O–H groups in total.